The van der Waals surface area contributed by atoms with E-state index in [0.717, 1.165) is 0 Å². The average molecular weight is 1170 g/mol. The number of aliphatic hydroxyl groups is 4. The van der Waals surface area contributed by atoms with Gasteiger partial charge in [-0.2, -0.15) is 0 Å². The van der Waals surface area contributed by atoms with Crippen molar-refractivity contribution in [3.05, 3.63) is 97.6 Å². The third kappa shape index (κ3) is 13.7. The van der Waals surface area contributed by atoms with Crippen molar-refractivity contribution >= 4 is 64.1 Å². The van der Waals surface area contributed by atoms with Gasteiger partial charge in [-0.15, -0.1) is 0 Å². The highest BCUT2D eigenvalue weighted by molar-refractivity contribution is 5.96. The lowest BCUT2D eigenvalue weighted by molar-refractivity contribution is -0.172. The lowest BCUT2D eigenvalue weighted by Gasteiger charge is -2.31. The molecule has 84 heavy (non-hydrogen) atoms. The highest BCUT2D eigenvalue weighted by Gasteiger charge is 2.47. The molecule has 1 fully saturated rings. The lowest BCUT2D eigenvalue weighted by Crippen LogP contribution is -2.53. The van der Waals surface area contributed by atoms with Gasteiger partial charge in [0.25, 0.3) is 5.56 Å². The normalized spacial score (nSPS) is 20.7. The van der Waals surface area contributed by atoms with E-state index in [9.17, 15) is 68.4 Å². The molecule has 3 aliphatic heterocycles. The maximum absolute atomic E-state index is 15.4. The van der Waals surface area contributed by atoms with E-state index in [2.05, 4.69) is 42.5 Å². The van der Waals surface area contributed by atoms with Gasteiger partial charge in [0, 0.05) is 48.4 Å². The number of carbonyl (C=O) groups is 9. The first-order chi connectivity index (χ1) is 40.1. The molecule has 4 aliphatic rings. The highest BCUT2D eigenvalue weighted by Crippen LogP contribution is 2.46. The number of hydrogen-bond donors (Lipinski definition) is 13. The molecule has 14 N–H and O–H groups in total. The topological polar surface area (TPSA) is 419 Å². The quantitative estimate of drug-likeness (QED) is 0.0150. The summed E-state index contributed by atoms with van der Waals surface area (Å²) in [7, 11) is 0. The zero-order valence-corrected chi connectivity index (χ0v) is 45.8. The number of aromatic nitrogens is 2. The summed E-state index contributed by atoms with van der Waals surface area (Å²) >= 11 is 0. The molecule has 8 amide bonds. The summed E-state index contributed by atoms with van der Waals surface area (Å²) in [4.78, 5) is 136. The van der Waals surface area contributed by atoms with Crippen molar-refractivity contribution in [2.45, 2.75) is 120 Å². The van der Waals surface area contributed by atoms with Crippen LogP contribution in [0.1, 0.15) is 84.0 Å². The molecule has 8 rings (SSSR count). The van der Waals surface area contributed by atoms with Gasteiger partial charge in [-0.1, -0.05) is 37.3 Å². The molecule has 4 aromatic rings. The number of nitrogens with zero attached hydrogens (tertiary/aromatic N) is 2. The van der Waals surface area contributed by atoms with Crippen LogP contribution in [0, 0.1) is 12.7 Å². The first-order valence-corrected chi connectivity index (χ1v) is 27.2. The summed E-state index contributed by atoms with van der Waals surface area (Å²) in [5, 5.41) is 61.2. The van der Waals surface area contributed by atoms with Gasteiger partial charge < -0.3 is 87.5 Å². The van der Waals surface area contributed by atoms with Crippen molar-refractivity contribution in [1.82, 2.24) is 52.1 Å². The molecule has 0 bridgehead atoms. The maximum Gasteiger partial charge on any atom is 0.343 e. The molecule has 2 aromatic carbocycles. The molecular weight excluding hydrogens is 1110 g/mol. The Bertz CT molecular complexity index is 3310. The van der Waals surface area contributed by atoms with Crippen LogP contribution in [0.5, 0.6) is 0 Å². The molecule has 5 heterocycles. The van der Waals surface area contributed by atoms with Gasteiger partial charge >= 0.3 is 5.97 Å². The van der Waals surface area contributed by atoms with Gasteiger partial charge in [-0.05, 0) is 60.9 Å². The van der Waals surface area contributed by atoms with Crippen LogP contribution in [0.25, 0.3) is 22.3 Å². The monoisotopic (exact) mass is 1170 g/mol. The van der Waals surface area contributed by atoms with E-state index in [1.807, 2.05) is 0 Å². The standard InChI is InChI=1S/C55H66FN11O17/c1-3-55(81)31-16-37-47-29(21-67(37)53(79)30(31)23-83-54(55)80)46-33(10-9-28-26(2)32(56)17-35(65-47)45(28)46)62-44(74)24-82-25-61-42(72)19-60-51(78)36(15-27-7-5-4-6-8-27)64-43(73)20-58-41(71)18-59-50(77)34(63-40(70)13-14-57)11-12-39(69)66-52-49(76)48(75)38(22-68)84-52/h4-8,16-17,33-34,36,38,48-49,52,68,75-76,81H,3,9-15,18-25,57H2,1-2H3,(H,58,71)(H,59,77)(H,60,78)(H,61,72)(H,62,74)(H,63,70)(H,64,73)(H,66,69)/t33-,34-,36-,38+,48+,49+,52?,55-/m0/s1. The lowest BCUT2D eigenvalue weighted by atomic mass is 9.81. The van der Waals surface area contributed by atoms with Gasteiger partial charge in [-0.25, -0.2) is 14.2 Å². The van der Waals surface area contributed by atoms with E-state index in [4.69, 9.17) is 24.9 Å². The van der Waals surface area contributed by atoms with Gasteiger partial charge in [-0.3, -0.25) is 43.2 Å². The van der Waals surface area contributed by atoms with E-state index in [1.165, 1.54) is 10.6 Å². The zero-order chi connectivity index (χ0) is 60.6. The van der Waals surface area contributed by atoms with Crippen LogP contribution >= 0.6 is 0 Å². The van der Waals surface area contributed by atoms with Gasteiger partial charge in [0.15, 0.2) is 11.8 Å². The first-order valence-electron chi connectivity index (χ1n) is 27.2. The van der Waals surface area contributed by atoms with Crippen molar-refractivity contribution in [1.29, 1.82) is 0 Å². The van der Waals surface area contributed by atoms with Crippen LogP contribution < -0.4 is 53.8 Å². The van der Waals surface area contributed by atoms with Crippen LogP contribution in [-0.4, -0.2) is 166 Å². The summed E-state index contributed by atoms with van der Waals surface area (Å²) in [6.45, 7) is -0.680. The minimum absolute atomic E-state index is 0.0286. The smallest absolute Gasteiger partial charge is 0.343 e. The van der Waals surface area contributed by atoms with Crippen molar-refractivity contribution in [2.24, 2.45) is 5.73 Å². The number of aliphatic hydroxyl groups excluding tert-OH is 3. The third-order valence-corrected chi connectivity index (χ3v) is 15.1. The summed E-state index contributed by atoms with van der Waals surface area (Å²) in [6, 6.07) is 8.13. The van der Waals surface area contributed by atoms with E-state index in [-0.39, 0.29) is 62.0 Å². The first kappa shape index (κ1) is 61.7. The number of benzene rings is 2. The number of aryl methyl sites for hydroxylation is 1. The third-order valence-electron chi connectivity index (χ3n) is 15.1. The van der Waals surface area contributed by atoms with Crippen molar-refractivity contribution < 1.29 is 82.2 Å². The number of rotatable bonds is 25. The number of hydrogen-bond acceptors (Lipinski definition) is 19. The van der Waals surface area contributed by atoms with Crippen LogP contribution in [0.2, 0.25) is 0 Å². The molecule has 1 saturated heterocycles. The Morgan fingerprint density at radius 3 is 2.23 bits per heavy atom. The summed E-state index contributed by atoms with van der Waals surface area (Å²) in [5.74, 6) is -7.39. The van der Waals surface area contributed by atoms with Crippen molar-refractivity contribution in [3.8, 4) is 11.4 Å². The summed E-state index contributed by atoms with van der Waals surface area (Å²) in [6.07, 6.45) is -5.78. The Balaban J connectivity index is 0.811. The Morgan fingerprint density at radius 1 is 0.845 bits per heavy atom. The fourth-order valence-corrected chi connectivity index (χ4v) is 10.6. The molecular formula is C55H66FN11O17. The van der Waals surface area contributed by atoms with Crippen LogP contribution in [0.4, 0.5) is 4.39 Å². The number of pyridine rings is 2. The highest BCUT2D eigenvalue weighted by atomic mass is 19.1. The fourth-order valence-electron chi connectivity index (χ4n) is 10.6. The van der Waals surface area contributed by atoms with E-state index in [1.54, 1.807) is 50.2 Å². The number of nitrogens with one attached hydrogen (secondary N) is 8. The van der Waals surface area contributed by atoms with Gasteiger partial charge in [0.05, 0.1) is 61.3 Å². The molecule has 8 atom stereocenters. The average Bonchev–Trinajstić information content (AvgIpc) is 2.24. The number of carbonyl (C=O) groups excluding carboxylic acids is 9. The molecule has 0 spiro atoms. The van der Waals surface area contributed by atoms with Crippen LogP contribution in [0.3, 0.4) is 0 Å². The largest absolute Gasteiger partial charge is 0.458 e. The maximum atomic E-state index is 15.4. The van der Waals surface area contributed by atoms with E-state index < -0.39 is 159 Å². The molecule has 2 aromatic heterocycles. The Hall–Kier alpha value is -8.32. The zero-order valence-electron chi connectivity index (χ0n) is 45.8. The van der Waals surface area contributed by atoms with Crippen molar-refractivity contribution in [3.63, 3.8) is 0 Å². The van der Waals surface area contributed by atoms with E-state index >= 15 is 4.39 Å². The number of nitrogens with two attached hydrogens (primary N) is 1. The van der Waals surface area contributed by atoms with Gasteiger partial charge in [0.2, 0.25) is 47.3 Å². The minimum atomic E-state index is -2.07. The summed E-state index contributed by atoms with van der Waals surface area (Å²) in [5.41, 5.74) is 7.02. The predicted molar refractivity (Wildman–Crippen MR) is 289 cm³/mol. The number of fused-ring (bicyclic) bond motifs is 5. The van der Waals surface area contributed by atoms with Gasteiger partial charge in [0.1, 0.15) is 56.2 Å². The minimum Gasteiger partial charge on any atom is -0.458 e. The molecule has 450 valence electrons. The number of amides is 8. The predicted octanol–water partition coefficient (Wildman–Crippen LogP) is -4.03. The van der Waals surface area contributed by atoms with E-state index in [0.29, 0.717) is 57.4 Å². The number of cyclic esters (lactones) is 1. The van der Waals surface area contributed by atoms with Crippen LogP contribution in [0.15, 0.2) is 47.3 Å². The Morgan fingerprint density at radius 2 is 1.54 bits per heavy atom. The molecule has 0 saturated carbocycles. The number of ether oxygens (including phenoxy) is 3. The second kappa shape index (κ2) is 26.9. The van der Waals surface area contributed by atoms with Crippen molar-refractivity contribution in [2.75, 3.05) is 46.1 Å². The second-order valence-corrected chi connectivity index (χ2v) is 20.6. The summed E-state index contributed by atoms with van der Waals surface area (Å²) < 4.78 is 32.8. The number of halogens is 1. The molecule has 29 heteroatoms. The fraction of sp³-hybridized carbons (Fsp3) is 0.473. The molecule has 28 nitrogen and oxygen atoms in total. The molecule has 1 aliphatic carbocycles. The Kier molecular flexibility index (Phi) is 19.8. The number of esters is 1. The molecule has 0 radical (unpaired) electrons. The SMILES string of the molecule is CC[C@@]1(O)C(=O)OCc2c1cc1n(c2=O)Cc2c-1nc1cc(F)c(C)c3c1c2[C@@H](NC(=O)COCNC(=O)CNC(=O)[C@H](Cc1ccccc1)NC(=O)CNC(=O)CNC(=O)[C@H](CCC(=O)NC1O[C@H](CO)[C@@H](O)[C@H]1O)NC(=O)CCN)CC3. The molecule has 1 unspecified atom stereocenters. The second-order valence-electron chi connectivity index (χ2n) is 20.6. The van der Waals surface area contributed by atoms with Crippen LogP contribution in [-0.2, 0) is 89.0 Å². The Labute approximate surface area is 478 Å².